The van der Waals surface area contributed by atoms with Crippen LogP contribution in [0.2, 0.25) is 0 Å². The Morgan fingerprint density at radius 2 is 1.96 bits per heavy atom. The quantitative estimate of drug-likeness (QED) is 0.674. The topological polar surface area (TPSA) is 96.9 Å². The fraction of sp³-hybridized carbons (Fsp3) is 0.294. The molecule has 2 heterocycles. The average Bonchev–Trinajstić information content (AvgIpc) is 3.29. The van der Waals surface area contributed by atoms with Crippen LogP contribution in [0.5, 0.6) is 11.5 Å². The zero-order valence-electron chi connectivity index (χ0n) is 13.4. The molecule has 1 aromatic carbocycles. The first kappa shape index (κ1) is 17.2. The monoisotopic (exact) mass is 362 g/mol. The van der Waals surface area contributed by atoms with Gasteiger partial charge in [-0.3, -0.25) is 9.59 Å². The molecule has 1 unspecified atom stereocenters. The van der Waals surface area contributed by atoms with Crippen molar-refractivity contribution in [3.63, 3.8) is 0 Å². The van der Waals surface area contributed by atoms with E-state index >= 15 is 0 Å². The van der Waals surface area contributed by atoms with Crippen molar-refractivity contribution in [1.82, 2.24) is 10.6 Å². The molecule has 0 radical (unpaired) electrons. The van der Waals surface area contributed by atoms with Crippen LogP contribution in [0.1, 0.15) is 23.7 Å². The van der Waals surface area contributed by atoms with Crippen LogP contribution in [0.15, 0.2) is 35.0 Å². The SMILES string of the molecule is O=C(NCCC(O)c1ccc2c(c1)OCO2)C(=O)NCc1ccsc1. The number of nitrogens with one attached hydrogen (secondary N) is 2. The second-order valence-corrected chi connectivity index (χ2v) is 6.27. The molecule has 25 heavy (non-hydrogen) atoms. The standard InChI is InChI=1S/C17H18N2O5S/c20-13(12-1-2-14-15(7-12)24-10-23-14)3-5-18-16(21)17(22)19-8-11-4-6-25-9-11/h1-2,4,6-7,9,13,20H,3,5,8,10H2,(H,18,21)(H,19,22). The zero-order chi connectivity index (χ0) is 17.6. The molecule has 8 heteroatoms. The van der Waals surface area contributed by atoms with Crippen molar-refractivity contribution in [2.24, 2.45) is 0 Å². The molecule has 2 aromatic rings. The van der Waals surface area contributed by atoms with E-state index in [1.165, 1.54) is 11.3 Å². The number of hydrogen-bond donors (Lipinski definition) is 3. The number of thiophene rings is 1. The van der Waals surface area contributed by atoms with Crippen molar-refractivity contribution in [3.8, 4) is 11.5 Å². The van der Waals surface area contributed by atoms with Gasteiger partial charge in [0.2, 0.25) is 6.79 Å². The smallest absolute Gasteiger partial charge is 0.309 e. The Bertz CT molecular complexity index is 748. The predicted octanol–water partition coefficient (Wildman–Crippen LogP) is 1.33. The molecule has 3 N–H and O–H groups in total. The Kier molecular flexibility index (Phi) is 5.52. The maximum atomic E-state index is 11.7. The zero-order valence-corrected chi connectivity index (χ0v) is 14.2. The molecule has 1 aliphatic rings. The molecule has 0 aliphatic carbocycles. The summed E-state index contributed by atoms with van der Waals surface area (Å²) in [5, 5.41) is 19.0. The van der Waals surface area contributed by atoms with Gasteiger partial charge in [-0.05, 0) is 46.5 Å². The highest BCUT2D eigenvalue weighted by molar-refractivity contribution is 7.07. The van der Waals surface area contributed by atoms with Crippen LogP contribution in [0.25, 0.3) is 0 Å². The maximum Gasteiger partial charge on any atom is 0.309 e. The second-order valence-electron chi connectivity index (χ2n) is 5.49. The lowest BCUT2D eigenvalue weighted by Gasteiger charge is -2.12. The van der Waals surface area contributed by atoms with Crippen molar-refractivity contribution in [2.45, 2.75) is 19.1 Å². The number of carbonyl (C=O) groups excluding carboxylic acids is 2. The minimum absolute atomic E-state index is 0.172. The minimum atomic E-state index is -0.774. The first-order valence-electron chi connectivity index (χ1n) is 7.78. The van der Waals surface area contributed by atoms with Crippen LogP contribution in [0, 0.1) is 0 Å². The van der Waals surface area contributed by atoms with Gasteiger partial charge in [0, 0.05) is 13.1 Å². The third kappa shape index (κ3) is 4.49. The Labute approximate surface area is 148 Å². The number of rotatable bonds is 6. The fourth-order valence-corrected chi connectivity index (χ4v) is 3.01. The van der Waals surface area contributed by atoms with Gasteiger partial charge < -0.3 is 25.2 Å². The Balaban J connectivity index is 1.41. The van der Waals surface area contributed by atoms with E-state index in [-0.39, 0.29) is 19.8 Å². The summed E-state index contributed by atoms with van der Waals surface area (Å²) < 4.78 is 10.5. The lowest BCUT2D eigenvalue weighted by atomic mass is 10.1. The highest BCUT2D eigenvalue weighted by atomic mass is 32.1. The van der Waals surface area contributed by atoms with E-state index in [0.717, 1.165) is 5.56 Å². The number of aliphatic hydroxyl groups excluding tert-OH is 1. The van der Waals surface area contributed by atoms with Crippen molar-refractivity contribution in [2.75, 3.05) is 13.3 Å². The van der Waals surface area contributed by atoms with Gasteiger partial charge in [0.05, 0.1) is 6.10 Å². The molecule has 1 aliphatic heterocycles. The summed E-state index contributed by atoms with van der Waals surface area (Å²) in [6, 6.07) is 7.07. The van der Waals surface area contributed by atoms with Gasteiger partial charge in [-0.15, -0.1) is 0 Å². The van der Waals surface area contributed by atoms with E-state index in [4.69, 9.17) is 9.47 Å². The molecule has 7 nitrogen and oxygen atoms in total. The van der Waals surface area contributed by atoms with Crippen LogP contribution in [0.4, 0.5) is 0 Å². The molecular weight excluding hydrogens is 344 g/mol. The molecule has 1 atom stereocenters. The third-order valence-electron chi connectivity index (χ3n) is 3.72. The molecular formula is C17H18N2O5S. The summed E-state index contributed by atoms with van der Waals surface area (Å²) in [5.74, 6) is -0.170. The van der Waals surface area contributed by atoms with Crippen LogP contribution in [-0.2, 0) is 16.1 Å². The Morgan fingerprint density at radius 3 is 2.76 bits per heavy atom. The van der Waals surface area contributed by atoms with E-state index in [2.05, 4.69) is 10.6 Å². The number of carbonyl (C=O) groups is 2. The summed E-state index contributed by atoms with van der Waals surface area (Å²) in [6.07, 6.45) is -0.493. The molecule has 0 saturated carbocycles. The molecule has 0 spiro atoms. The number of benzene rings is 1. The minimum Gasteiger partial charge on any atom is -0.454 e. The number of aliphatic hydroxyl groups is 1. The summed E-state index contributed by atoms with van der Waals surface area (Å²) in [7, 11) is 0. The predicted molar refractivity (Wildman–Crippen MR) is 91.3 cm³/mol. The third-order valence-corrected chi connectivity index (χ3v) is 4.46. The first-order chi connectivity index (χ1) is 12.1. The van der Waals surface area contributed by atoms with E-state index in [1.54, 1.807) is 18.2 Å². The lowest BCUT2D eigenvalue weighted by molar-refractivity contribution is -0.139. The number of hydrogen-bond acceptors (Lipinski definition) is 6. The van der Waals surface area contributed by atoms with Gasteiger partial charge in [-0.25, -0.2) is 0 Å². The summed E-state index contributed by atoms with van der Waals surface area (Å²) >= 11 is 1.53. The normalized spacial score (nSPS) is 13.3. The van der Waals surface area contributed by atoms with Crippen molar-refractivity contribution >= 4 is 23.2 Å². The van der Waals surface area contributed by atoms with Crippen molar-refractivity contribution in [1.29, 1.82) is 0 Å². The number of ether oxygens (including phenoxy) is 2. The molecule has 3 rings (SSSR count). The van der Waals surface area contributed by atoms with E-state index < -0.39 is 17.9 Å². The average molecular weight is 362 g/mol. The Morgan fingerprint density at radius 1 is 1.16 bits per heavy atom. The van der Waals surface area contributed by atoms with Crippen LogP contribution in [0.3, 0.4) is 0 Å². The summed E-state index contributed by atoms with van der Waals surface area (Å²) in [6.45, 7) is 0.668. The summed E-state index contributed by atoms with van der Waals surface area (Å²) in [5.41, 5.74) is 1.62. The molecule has 0 bridgehead atoms. The van der Waals surface area contributed by atoms with E-state index in [0.29, 0.717) is 23.6 Å². The molecule has 0 saturated heterocycles. The van der Waals surface area contributed by atoms with Crippen LogP contribution < -0.4 is 20.1 Å². The summed E-state index contributed by atoms with van der Waals surface area (Å²) in [4.78, 5) is 23.4. The molecule has 132 valence electrons. The number of fused-ring (bicyclic) bond motifs is 1. The van der Waals surface area contributed by atoms with Crippen molar-refractivity contribution in [3.05, 3.63) is 46.2 Å². The van der Waals surface area contributed by atoms with Gasteiger partial charge >= 0.3 is 11.8 Å². The van der Waals surface area contributed by atoms with Crippen LogP contribution >= 0.6 is 11.3 Å². The van der Waals surface area contributed by atoms with Gasteiger partial charge in [0.1, 0.15) is 0 Å². The molecule has 2 amide bonds. The van der Waals surface area contributed by atoms with E-state index in [1.807, 2.05) is 16.8 Å². The van der Waals surface area contributed by atoms with Crippen LogP contribution in [-0.4, -0.2) is 30.3 Å². The van der Waals surface area contributed by atoms with Gasteiger partial charge in [-0.2, -0.15) is 11.3 Å². The van der Waals surface area contributed by atoms with Gasteiger partial charge in [0.15, 0.2) is 11.5 Å². The second kappa shape index (κ2) is 8.00. The molecule has 0 fully saturated rings. The highest BCUT2D eigenvalue weighted by Crippen LogP contribution is 2.34. The van der Waals surface area contributed by atoms with Gasteiger partial charge in [-0.1, -0.05) is 6.07 Å². The Hall–Kier alpha value is -2.58. The maximum absolute atomic E-state index is 11.7. The van der Waals surface area contributed by atoms with E-state index in [9.17, 15) is 14.7 Å². The highest BCUT2D eigenvalue weighted by Gasteiger charge is 2.17. The lowest BCUT2D eigenvalue weighted by Crippen LogP contribution is -2.40. The van der Waals surface area contributed by atoms with Gasteiger partial charge in [0.25, 0.3) is 0 Å². The van der Waals surface area contributed by atoms with Crippen molar-refractivity contribution < 1.29 is 24.2 Å². The molecule has 1 aromatic heterocycles. The first-order valence-corrected chi connectivity index (χ1v) is 8.72. The fourth-order valence-electron chi connectivity index (χ4n) is 2.35. The number of amides is 2. The largest absolute Gasteiger partial charge is 0.454 e.